The highest BCUT2D eigenvalue weighted by Gasteiger charge is 2.62. The second-order valence-electron chi connectivity index (χ2n) is 10.9. The van der Waals surface area contributed by atoms with Crippen LogP contribution in [0, 0.1) is 20.2 Å². The average molecular weight is 601 g/mol. The van der Waals surface area contributed by atoms with Crippen LogP contribution in [0.1, 0.15) is 30.4 Å². The third kappa shape index (κ3) is 4.82. The fourth-order valence-corrected chi connectivity index (χ4v) is 6.24. The SMILES string of the molecule is O=[N+]([O-])c1ccc(Oc2ccc([C@@]34C[C@@H]5C[C@@](c6ccc(Oc7ccc([N+](=O)[O-])c(O)c7)cc6)(C3)O[C@@H](O5)O4)cc2)cc1O. The number of aromatic hydroxyl groups is 2. The van der Waals surface area contributed by atoms with E-state index in [1.807, 2.05) is 24.3 Å². The van der Waals surface area contributed by atoms with E-state index in [1.54, 1.807) is 24.3 Å². The Balaban J connectivity index is 1.10. The monoisotopic (exact) mass is 600 g/mol. The second-order valence-corrected chi connectivity index (χ2v) is 10.9. The molecule has 0 amide bonds. The number of nitro benzene ring substituents is 2. The lowest BCUT2D eigenvalue weighted by molar-refractivity contribution is -0.483. The van der Waals surface area contributed by atoms with E-state index >= 15 is 0 Å². The molecule has 4 aromatic carbocycles. The molecule has 3 heterocycles. The predicted molar refractivity (Wildman–Crippen MR) is 151 cm³/mol. The zero-order valence-corrected chi connectivity index (χ0v) is 22.8. The van der Waals surface area contributed by atoms with Crippen LogP contribution in [0.2, 0.25) is 0 Å². The molecule has 4 atom stereocenters. The van der Waals surface area contributed by atoms with Crippen molar-refractivity contribution < 1.29 is 43.7 Å². The Hall–Kier alpha value is -5.24. The molecule has 1 saturated carbocycles. The summed E-state index contributed by atoms with van der Waals surface area (Å²) in [6, 6.07) is 22.3. The fourth-order valence-electron chi connectivity index (χ4n) is 6.24. The number of ether oxygens (including phenoxy) is 5. The molecule has 13 nitrogen and oxygen atoms in total. The van der Waals surface area contributed by atoms with Gasteiger partial charge in [0.15, 0.2) is 11.5 Å². The van der Waals surface area contributed by atoms with Crippen LogP contribution < -0.4 is 9.47 Å². The number of benzene rings is 4. The minimum absolute atomic E-state index is 0.103. The number of hydrogen-bond donors (Lipinski definition) is 2. The Bertz CT molecular complexity index is 1630. The van der Waals surface area contributed by atoms with E-state index in [1.165, 1.54) is 36.4 Å². The summed E-state index contributed by atoms with van der Waals surface area (Å²) < 4.78 is 30.2. The molecular formula is C31H24N2O11. The number of phenols is 2. The van der Waals surface area contributed by atoms with Crippen molar-refractivity contribution in [1.29, 1.82) is 0 Å². The lowest BCUT2D eigenvalue weighted by Crippen LogP contribution is -2.63. The van der Waals surface area contributed by atoms with E-state index in [-0.39, 0.29) is 17.6 Å². The maximum absolute atomic E-state index is 11.0. The molecule has 224 valence electrons. The third-order valence-electron chi connectivity index (χ3n) is 8.15. The van der Waals surface area contributed by atoms with Gasteiger partial charge in [0.1, 0.15) is 34.2 Å². The van der Waals surface area contributed by atoms with E-state index in [0.717, 1.165) is 11.1 Å². The third-order valence-corrected chi connectivity index (χ3v) is 8.15. The van der Waals surface area contributed by atoms with Gasteiger partial charge in [-0.3, -0.25) is 20.2 Å². The van der Waals surface area contributed by atoms with Crippen molar-refractivity contribution in [3.05, 3.63) is 116 Å². The maximum atomic E-state index is 11.0. The van der Waals surface area contributed by atoms with E-state index in [0.29, 0.717) is 30.8 Å². The highest BCUT2D eigenvalue weighted by molar-refractivity contribution is 5.51. The van der Waals surface area contributed by atoms with E-state index in [2.05, 4.69) is 0 Å². The first-order valence-corrected chi connectivity index (χ1v) is 13.6. The molecule has 0 unspecified atom stereocenters. The Morgan fingerprint density at radius 2 is 1.07 bits per heavy atom. The van der Waals surface area contributed by atoms with Gasteiger partial charge in [-0.15, -0.1) is 0 Å². The minimum Gasteiger partial charge on any atom is -0.502 e. The van der Waals surface area contributed by atoms with Crippen LogP contribution in [-0.2, 0) is 25.4 Å². The molecule has 13 heteroatoms. The van der Waals surface area contributed by atoms with Gasteiger partial charge in [-0.1, -0.05) is 24.3 Å². The van der Waals surface area contributed by atoms with Crippen molar-refractivity contribution in [2.45, 2.75) is 43.0 Å². The Morgan fingerprint density at radius 1 is 0.659 bits per heavy atom. The van der Waals surface area contributed by atoms with E-state index in [9.17, 15) is 30.4 Å². The number of nitrogens with zero attached hydrogens (tertiary/aromatic N) is 2. The van der Waals surface area contributed by atoms with E-state index < -0.39 is 50.4 Å². The summed E-state index contributed by atoms with van der Waals surface area (Å²) in [5.41, 5.74) is -0.340. The summed E-state index contributed by atoms with van der Waals surface area (Å²) in [6.07, 6.45) is 1.70. The summed E-state index contributed by atoms with van der Waals surface area (Å²) in [7, 11) is 0. The van der Waals surface area contributed by atoms with Crippen LogP contribution in [-0.4, -0.2) is 32.6 Å². The molecule has 4 aliphatic rings. The molecule has 44 heavy (non-hydrogen) atoms. The highest BCUT2D eigenvalue weighted by atomic mass is 16.9. The first-order chi connectivity index (χ1) is 21.1. The molecular weight excluding hydrogens is 576 g/mol. The Labute approximate surface area is 249 Å². The summed E-state index contributed by atoms with van der Waals surface area (Å²) in [4.78, 5) is 20.6. The van der Waals surface area contributed by atoms with Crippen LogP contribution in [0.15, 0.2) is 84.9 Å². The van der Waals surface area contributed by atoms with E-state index in [4.69, 9.17) is 23.7 Å². The normalized spacial score (nSPS) is 25.0. The Kier molecular flexibility index (Phi) is 6.39. The molecule has 0 radical (unpaired) electrons. The van der Waals surface area contributed by atoms with Gasteiger partial charge in [-0.05, 0) is 47.5 Å². The van der Waals surface area contributed by atoms with Gasteiger partial charge in [0.2, 0.25) is 0 Å². The van der Waals surface area contributed by atoms with Gasteiger partial charge in [0.25, 0.3) is 6.48 Å². The van der Waals surface area contributed by atoms with Crippen molar-refractivity contribution in [1.82, 2.24) is 0 Å². The molecule has 3 aliphatic heterocycles. The van der Waals surface area contributed by atoms with Crippen molar-refractivity contribution in [3.63, 3.8) is 0 Å². The zero-order chi connectivity index (χ0) is 30.6. The molecule has 4 aromatic rings. The standard InChI is InChI=1S/C31H24N2O11/c34-27-13-22(9-11-25(27)32(36)37)40-20-5-1-18(2-6-20)30-15-24-16-31(17-30,44-29(42-24)43-30)19-3-7-21(8-4-19)41-23-10-12-26(33(38)39)28(35)14-23/h1-14,24,29,34-35H,15-17H2/t24-,29+,30-,31+. The Morgan fingerprint density at radius 3 is 1.43 bits per heavy atom. The average Bonchev–Trinajstić information content (AvgIpc) is 2.97. The van der Waals surface area contributed by atoms with Crippen LogP contribution in [0.4, 0.5) is 11.4 Å². The largest absolute Gasteiger partial charge is 0.502 e. The molecule has 8 rings (SSSR count). The first-order valence-electron chi connectivity index (χ1n) is 13.6. The number of rotatable bonds is 8. The van der Waals surface area contributed by atoms with Crippen molar-refractivity contribution in [2.75, 3.05) is 0 Å². The van der Waals surface area contributed by atoms with Crippen LogP contribution in [0.3, 0.4) is 0 Å². The topological polar surface area (TPSA) is 173 Å². The summed E-state index contributed by atoms with van der Waals surface area (Å²) in [5, 5.41) is 41.8. The van der Waals surface area contributed by atoms with Crippen molar-refractivity contribution in [3.8, 4) is 34.5 Å². The van der Waals surface area contributed by atoms with Crippen LogP contribution >= 0.6 is 0 Å². The molecule has 2 N–H and O–H groups in total. The van der Waals surface area contributed by atoms with Gasteiger partial charge in [-0.2, -0.15) is 0 Å². The van der Waals surface area contributed by atoms with Gasteiger partial charge < -0.3 is 33.9 Å². The van der Waals surface area contributed by atoms with Crippen LogP contribution in [0.5, 0.6) is 34.5 Å². The summed E-state index contributed by atoms with van der Waals surface area (Å²) >= 11 is 0. The number of phenolic OH excluding ortho intramolecular Hbond substituents is 2. The maximum Gasteiger partial charge on any atom is 0.310 e. The van der Waals surface area contributed by atoms with Crippen molar-refractivity contribution >= 4 is 11.4 Å². The van der Waals surface area contributed by atoms with Crippen LogP contribution in [0.25, 0.3) is 0 Å². The minimum atomic E-state index is -0.853. The highest BCUT2D eigenvalue weighted by Crippen LogP contribution is 2.59. The smallest absolute Gasteiger partial charge is 0.310 e. The molecule has 0 aromatic heterocycles. The molecule has 4 bridgehead atoms. The molecule has 0 spiro atoms. The van der Waals surface area contributed by atoms with Gasteiger partial charge in [-0.25, -0.2) is 0 Å². The lowest BCUT2D eigenvalue weighted by atomic mass is 9.66. The summed E-state index contributed by atoms with van der Waals surface area (Å²) in [6.45, 7) is -0.853. The zero-order valence-electron chi connectivity index (χ0n) is 22.8. The molecule has 1 aliphatic carbocycles. The fraction of sp³-hybridized carbons (Fsp3) is 0.226. The molecule has 4 fully saturated rings. The lowest BCUT2D eigenvalue weighted by Gasteiger charge is -2.60. The number of nitro groups is 2. The first kappa shape index (κ1) is 27.6. The van der Waals surface area contributed by atoms with Gasteiger partial charge in [0.05, 0.1) is 16.0 Å². The van der Waals surface area contributed by atoms with Gasteiger partial charge >= 0.3 is 11.4 Å². The van der Waals surface area contributed by atoms with Gasteiger partial charge in [0, 0.05) is 43.5 Å². The predicted octanol–water partition coefficient (Wildman–Crippen LogP) is 6.50. The second kappa shape index (κ2) is 10.2. The quantitative estimate of drug-likeness (QED) is 0.167. The van der Waals surface area contributed by atoms with Crippen molar-refractivity contribution in [2.24, 2.45) is 0 Å². The number of hydrogen-bond acceptors (Lipinski definition) is 11. The summed E-state index contributed by atoms with van der Waals surface area (Å²) in [5.74, 6) is 0.496. The molecule has 3 saturated heterocycles.